The molecule has 0 aromatic heterocycles. The highest BCUT2D eigenvalue weighted by Gasteiger charge is 2.33. The molecule has 1 unspecified atom stereocenters. The molecule has 0 aliphatic rings. The van der Waals surface area contributed by atoms with Gasteiger partial charge >= 0.3 is 0 Å². The fourth-order valence-corrected chi connectivity index (χ4v) is 1.91. The Hall–Kier alpha value is -2.73. The van der Waals surface area contributed by atoms with Gasteiger partial charge in [0.2, 0.25) is 0 Å². The summed E-state index contributed by atoms with van der Waals surface area (Å²) in [7, 11) is 0. The van der Waals surface area contributed by atoms with Gasteiger partial charge in [-0.15, -0.1) is 0 Å². The number of non-ortho nitro benzene ring substituents is 1. The van der Waals surface area contributed by atoms with Crippen LogP contribution in [0, 0.1) is 10.1 Å². The maximum absolute atomic E-state index is 11.3. The van der Waals surface area contributed by atoms with Crippen LogP contribution in [-0.2, 0) is 10.4 Å². The molecule has 2 aromatic carbocycles. The standard InChI is InChI=1S/C14H11NO5/c16-13(17)14(18,10-4-2-1-3-5-10)11-6-8-12(9-7-11)15(19)20/h1-9,18H,(H,16,17)/p-1. The summed E-state index contributed by atoms with van der Waals surface area (Å²) < 4.78 is 0. The third-order valence-electron chi connectivity index (χ3n) is 2.98. The number of carboxylic acid groups (broad SMARTS) is 1. The summed E-state index contributed by atoms with van der Waals surface area (Å²) in [5.74, 6) is -1.70. The molecule has 0 aliphatic carbocycles. The molecular formula is C14H10NO5-. The predicted molar refractivity (Wildman–Crippen MR) is 67.5 cm³/mol. The first kappa shape index (κ1) is 13.7. The molecule has 0 fully saturated rings. The molecule has 6 heteroatoms. The Kier molecular flexibility index (Phi) is 3.49. The second-order valence-corrected chi connectivity index (χ2v) is 4.17. The van der Waals surface area contributed by atoms with Gasteiger partial charge in [0.05, 0.1) is 10.9 Å². The largest absolute Gasteiger partial charge is 0.546 e. The number of aliphatic carboxylic acids is 1. The van der Waals surface area contributed by atoms with E-state index in [0.29, 0.717) is 0 Å². The number of benzene rings is 2. The number of hydrogen-bond donors (Lipinski definition) is 1. The van der Waals surface area contributed by atoms with Crippen LogP contribution in [0.25, 0.3) is 0 Å². The van der Waals surface area contributed by atoms with E-state index in [0.717, 1.165) is 12.1 Å². The van der Waals surface area contributed by atoms with Crippen molar-refractivity contribution in [3.05, 3.63) is 75.8 Å². The minimum atomic E-state index is -2.35. The Bertz CT molecular complexity index is 638. The Morgan fingerprint density at radius 2 is 1.50 bits per heavy atom. The predicted octanol–water partition coefficient (Wildman–Crippen LogP) is 0.581. The molecule has 6 nitrogen and oxygen atoms in total. The van der Waals surface area contributed by atoms with Crippen LogP contribution < -0.4 is 5.11 Å². The zero-order valence-electron chi connectivity index (χ0n) is 10.2. The first-order valence-corrected chi connectivity index (χ1v) is 5.70. The average Bonchev–Trinajstić information content (AvgIpc) is 2.47. The van der Waals surface area contributed by atoms with Crippen LogP contribution in [0.15, 0.2) is 54.6 Å². The third kappa shape index (κ3) is 2.24. The van der Waals surface area contributed by atoms with Gasteiger partial charge in [0.15, 0.2) is 5.60 Å². The van der Waals surface area contributed by atoms with Crippen molar-refractivity contribution in [3.63, 3.8) is 0 Å². The Morgan fingerprint density at radius 3 is 1.95 bits per heavy atom. The van der Waals surface area contributed by atoms with Gasteiger partial charge in [0, 0.05) is 12.1 Å². The van der Waals surface area contributed by atoms with Gasteiger partial charge in [-0.3, -0.25) is 10.1 Å². The SMILES string of the molecule is O=C([O-])C(O)(c1ccccc1)c1ccc([N+](=O)[O-])cc1. The molecule has 0 saturated heterocycles. The monoisotopic (exact) mass is 272 g/mol. The van der Waals surface area contributed by atoms with Crippen LogP contribution in [0.3, 0.4) is 0 Å². The quantitative estimate of drug-likeness (QED) is 0.647. The fourth-order valence-electron chi connectivity index (χ4n) is 1.91. The number of carbonyl (C=O) groups excluding carboxylic acids is 1. The highest BCUT2D eigenvalue weighted by Crippen LogP contribution is 2.30. The number of hydrogen-bond acceptors (Lipinski definition) is 5. The van der Waals surface area contributed by atoms with Gasteiger partial charge in [-0.1, -0.05) is 30.3 Å². The van der Waals surface area contributed by atoms with Crippen LogP contribution >= 0.6 is 0 Å². The van der Waals surface area contributed by atoms with Gasteiger partial charge in [-0.2, -0.15) is 0 Å². The average molecular weight is 272 g/mol. The zero-order chi connectivity index (χ0) is 14.8. The van der Waals surface area contributed by atoms with E-state index >= 15 is 0 Å². The van der Waals surface area contributed by atoms with E-state index in [1.807, 2.05) is 0 Å². The first-order chi connectivity index (χ1) is 9.46. The van der Waals surface area contributed by atoms with Crippen LogP contribution in [0.2, 0.25) is 0 Å². The van der Waals surface area contributed by atoms with Crippen molar-refractivity contribution in [2.45, 2.75) is 5.60 Å². The molecule has 2 rings (SSSR count). The fraction of sp³-hybridized carbons (Fsp3) is 0.0714. The minimum Gasteiger partial charge on any atom is -0.546 e. The molecule has 2 aromatic rings. The number of carboxylic acids is 1. The molecule has 0 saturated carbocycles. The Labute approximate surface area is 114 Å². The topological polar surface area (TPSA) is 104 Å². The number of nitro groups is 1. The van der Waals surface area contributed by atoms with Crippen LogP contribution in [0.5, 0.6) is 0 Å². The molecule has 0 spiro atoms. The highest BCUT2D eigenvalue weighted by atomic mass is 16.6. The van der Waals surface area contributed by atoms with Crippen molar-refractivity contribution < 1.29 is 19.9 Å². The van der Waals surface area contributed by atoms with E-state index in [-0.39, 0.29) is 16.8 Å². The van der Waals surface area contributed by atoms with E-state index < -0.39 is 16.5 Å². The highest BCUT2D eigenvalue weighted by molar-refractivity contribution is 5.82. The normalized spacial score (nSPS) is 13.4. The van der Waals surface area contributed by atoms with E-state index in [1.165, 1.54) is 24.3 Å². The molecule has 1 N–H and O–H groups in total. The van der Waals surface area contributed by atoms with Crippen molar-refractivity contribution in [2.24, 2.45) is 0 Å². The summed E-state index contributed by atoms with van der Waals surface area (Å²) in [6, 6.07) is 12.4. The smallest absolute Gasteiger partial charge is 0.269 e. The minimum absolute atomic E-state index is 0.00528. The maximum atomic E-state index is 11.3. The van der Waals surface area contributed by atoms with E-state index in [4.69, 9.17) is 0 Å². The molecule has 102 valence electrons. The Balaban J connectivity index is 2.54. The summed E-state index contributed by atoms with van der Waals surface area (Å²) in [6.45, 7) is 0. The summed E-state index contributed by atoms with van der Waals surface area (Å²) in [5, 5.41) is 32.4. The summed E-state index contributed by atoms with van der Waals surface area (Å²) in [4.78, 5) is 21.3. The van der Waals surface area contributed by atoms with E-state index in [1.54, 1.807) is 18.2 Å². The van der Waals surface area contributed by atoms with Gasteiger partial charge < -0.3 is 15.0 Å². The van der Waals surface area contributed by atoms with Crippen LogP contribution in [0.1, 0.15) is 11.1 Å². The number of nitrogens with zero attached hydrogens (tertiary/aromatic N) is 1. The first-order valence-electron chi connectivity index (χ1n) is 5.70. The number of nitro benzene ring substituents is 1. The molecule has 20 heavy (non-hydrogen) atoms. The summed E-state index contributed by atoms with van der Waals surface area (Å²) in [6.07, 6.45) is 0. The van der Waals surface area contributed by atoms with Gasteiger partial charge in [-0.25, -0.2) is 0 Å². The van der Waals surface area contributed by atoms with Gasteiger partial charge in [0.25, 0.3) is 5.69 Å². The lowest BCUT2D eigenvalue weighted by molar-refractivity contribution is -0.384. The molecule has 0 radical (unpaired) electrons. The van der Waals surface area contributed by atoms with Crippen molar-refractivity contribution in [1.82, 2.24) is 0 Å². The molecule has 1 atom stereocenters. The van der Waals surface area contributed by atoms with E-state index in [2.05, 4.69) is 0 Å². The molecular weight excluding hydrogens is 262 g/mol. The van der Waals surface area contributed by atoms with Crippen molar-refractivity contribution in [2.75, 3.05) is 0 Å². The van der Waals surface area contributed by atoms with Crippen molar-refractivity contribution >= 4 is 11.7 Å². The molecule has 0 heterocycles. The zero-order valence-corrected chi connectivity index (χ0v) is 10.2. The van der Waals surface area contributed by atoms with Crippen molar-refractivity contribution in [1.29, 1.82) is 0 Å². The molecule has 0 amide bonds. The maximum Gasteiger partial charge on any atom is 0.269 e. The number of carbonyl (C=O) groups is 1. The lowest BCUT2D eigenvalue weighted by atomic mass is 9.86. The third-order valence-corrected chi connectivity index (χ3v) is 2.98. The number of aliphatic hydroxyl groups is 1. The van der Waals surface area contributed by atoms with Crippen LogP contribution in [0.4, 0.5) is 5.69 Å². The lowest BCUT2D eigenvalue weighted by Gasteiger charge is -2.30. The van der Waals surface area contributed by atoms with Gasteiger partial charge in [0.1, 0.15) is 0 Å². The van der Waals surface area contributed by atoms with Crippen molar-refractivity contribution in [3.8, 4) is 0 Å². The second kappa shape index (κ2) is 5.10. The molecule has 0 aliphatic heterocycles. The molecule has 0 bridgehead atoms. The summed E-state index contributed by atoms with van der Waals surface area (Å²) in [5.41, 5.74) is -2.43. The van der Waals surface area contributed by atoms with E-state index in [9.17, 15) is 25.1 Å². The van der Waals surface area contributed by atoms with Gasteiger partial charge in [-0.05, 0) is 23.3 Å². The Morgan fingerprint density at radius 1 is 1.00 bits per heavy atom. The summed E-state index contributed by atoms with van der Waals surface area (Å²) >= 11 is 0. The number of rotatable bonds is 4. The second-order valence-electron chi connectivity index (χ2n) is 4.17. The lowest BCUT2D eigenvalue weighted by Crippen LogP contribution is -2.46. The van der Waals surface area contributed by atoms with Crippen LogP contribution in [-0.4, -0.2) is 16.0 Å².